The molecule has 0 aliphatic rings. The predicted molar refractivity (Wildman–Crippen MR) is 52.4 cm³/mol. The summed E-state index contributed by atoms with van der Waals surface area (Å²) in [6.45, 7) is 1.43. The highest BCUT2D eigenvalue weighted by atomic mass is 35.5. The molecule has 0 aliphatic carbocycles. The molecule has 70 valence electrons. The van der Waals surface area contributed by atoms with Crippen LogP contribution >= 0.6 is 11.6 Å². The van der Waals surface area contributed by atoms with E-state index in [1.54, 1.807) is 6.07 Å². The van der Waals surface area contributed by atoms with Gasteiger partial charge in [0.05, 0.1) is 12.8 Å². The third-order valence-corrected chi connectivity index (χ3v) is 1.92. The molecule has 0 saturated heterocycles. The molecule has 1 rings (SSSR count). The van der Waals surface area contributed by atoms with Crippen LogP contribution in [-0.4, -0.2) is 12.9 Å². The van der Waals surface area contributed by atoms with Crippen LogP contribution in [0.3, 0.4) is 0 Å². The van der Waals surface area contributed by atoms with Crippen molar-refractivity contribution in [3.63, 3.8) is 0 Å². The molecule has 0 fully saturated rings. The maximum Gasteiger partial charge on any atom is 0.162 e. The third kappa shape index (κ3) is 1.92. The van der Waals surface area contributed by atoms with Crippen LogP contribution in [0.1, 0.15) is 17.3 Å². The first kappa shape index (κ1) is 9.86. The van der Waals surface area contributed by atoms with Gasteiger partial charge in [0.25, 0.3) is 0 Å². The molecule has 0 unspecified atom stereocenters. The Hall–Kier alpha value is -1.22. The van der Waals surface area contributed by atoms with Crippen LogP contribution in [0.15, 0.2) is 12.1 Å². The highest BCUT2D eigenvalue weighted by Gasteiger charge is 2.10. The maximum atomic E-state index is 11.1. The number of benzene rings is 1. The molecule has 1 aromatic carbocycles. The molecule has 2 N–H and O–H groups in total. The lowest BCUT2D eigenvalue weighted by Gasteiger charge is -2.08. The van der Waals surface area contributed by atoms with Gasteiger partial charge in [0.1, 0.15) is 5.75 Å². The predicted octanol–water partition coefficient (Wildman–Crippen LogP) is 2.13. The van der Waals surface area contributed by atoms with Crippen molar-refractivity contribution < 1.29 is 9.53 Å². The Labute approximate surface area is 81.4 Å². The molecular weight excluding hydrogens is 190 g/mol. The van der Waals surface area contributed by atoms with Crippen molar-refractivity contribution in [1.29, 1.82) is 0 Å². The number of Topliss-reactive ketones (excluding diaryl/α,β-unsaturated/α-hetero) is 1. The Balaban J connectivity index is 3.35. The van der Waals surface area contributed by atoms with E-state index in [1.807, 2.05) is 0 Å². The van der Waals surface area contributed by atoms with Gasteiger partial charge in [-0.1, -0.05) is 11.6 Å². The second-order valence-electron chi connectivity index (χ2n) is 2.63. The van der Waals surface area contributed by atoms with Gasteiger partial charge in [0.15, 0.2) is 5.78 Å². The lowest BCUT2D eigenvalue weighted by molar-refractivity contribution is 0.101. The van der Waals surface area contributed by atoms with Crippen LogP contribution < -0.4 is 10.5 Å². The number of hydrogen-bond donors (Lipinski definition) is 1. The summed E-state index contributed by atoms with van der Waals surface area (Å²) in [5, 5.41) is 0.441. The molecule has 0 bridgehead atoms. The van der Waals surface area contributed by atoms with Crippen molar-refractivity contribution >= 4 is 23.1 Å². The summed E-state index contributed by atoms with van der Waals surface area (Å²) in [6.07, 6.45) is 0. The van der Waals surface area contributed by atoms with Gasteiger partial charge in [-0.15, -0.1) is 0 Å². The minimum absolute atomic E-state index is 0.127. The highest BCUT2D eigenvalue weighted by Crippen LogP contribution is 2.29. The molecular formula is C9H10ClNO2. The van der Waals surface area contributed by atoms with E-state index < -0.39 is 0 Å². The molecule has 13 heavy (non-hydrogen) atoms. The zero-order chi connectivity index (χ0) is 10.0. The number of carbonyl (C=O) groups is 1. The molecule has 0 aliphatic heterocycles. The number of ketones is 1. The number of carbonyl (C=O) groups excluding carboxylic acids is 1. The van der Waals surface area contributed by atoms with Crippen molar-refractivity contribution in [3.05, 3.63) is 22.7 Å². The fourth-order valence-electron chi connectivity index (χ4n) is 1.05. The van der Waals surface area contributed by atoms with Crippen molar-refractivity contribution in [2.24, 2.45) is 0 Å². The number of nitrogen functional groups attached to an aromatic ring is 1. The third-order valence-electron chi connectivity index (χ3n) is 1.71. The van der Waals surface area contributed by atoms with E-state index in [0.29, 0.717) is 22.0 Å². The number of methoxy groups -OCH3 is 1. The van der Waals surface area contributed by atoms with E-state index in [0.717, 1.165) is 0 Å². The van der Waals surface area contributed by atoms with E-state index in [9.17, 15) is 4.79 Å². The normalized spacial score (nSPS) is 9.77. The SMILES string of the molecule is COc1cc(Cl)cc(C(C)=O)c1N. The van der Waals surface area contributed by atoms with Crippen molar-refractivity contribution in [2.75, 3.05) is 12.8 Å². The van der Waals surface area contributed by atoms with Gasteiger partial charge < -0.3 is 10.5 Å². The second kappa shape index (κ2) is 3.66. The van der Waals surface area contributed by atoms with E-state index in [-0.39, 0.29) is 5.78 Å². The average molecular weight is 200 g/mol. The summed E-state index contributed by atoms with van der Waals surface area (Å²) in [7, 11) is 1.48. The van der Waals surface area contributed by atoms with E-state index in [2.05, 4.69) is 0 Å². The molecule has 1 aromatic rings. The average Bonchev–Trinajstić information content (AvgIpc) is 2.08. The van der Waals surface area contributed by atoms with Crippen molar-refractivity contribution in [3.8, 4) is 5.75 Å². The van der Waals surface area contributed by atoms with Gasteiger partial charge in [0, 0.05) is 16.7 Å². The highest BCUT2D eigenvalue weighted by molar-refractivity contribution is 6.31. The van der Waals surface area contributed by atoms with E-state index in [4.69, 9.17) is 22.1 Å². The molecule has 0 atom stereocenters. The Morgan fingerprint density at radius 1 is 1.54 bits per heavy atom. The molecule has 0 radical (unpaired) electrons. The Morgan fingerprint density at radius 2 is 2.15 bits per heavy atom. The number of hydrogen-bond acceptors (Lipinski definition) is 3. The van der Waals surface area contributed by atoms with Crippen LogP contribution in [0.5, 0.6) is 5.75 Å². The van der Waals surface area contributed by atoms with E-state index in [1.165, 1.54) is 20.1 Å². The fourth-order valence-corrected chi connectivity index (χ4v) is 1.26. The van der Waals surface area contributed by atoms with Crippen LogP contribution in [0.4, 0.5) is 5.69 Å². The number of halogens is 1. The molecule has 4 heteroatoms. The lowest BCUT2D eigenvalue weighted by atomic mass is 10.1. The smallest absolute Gasteiger partial charge is 0.162 e. The Morgan fingerprint density at radius 3 is 2.62 bits per heavy atom. The molecule has 0 heterocycles. The number of ether oxygens (including phenoxy) is 1. The minimum Gasteiger partial charge on any atom is -0.495 e. The summed E-state index contributed by atoms with van der Waals surface area (Å²) >= 11 is 5.76. The summed E-state index contributed by atoms with van der Waals surface area (Å²) in [5.41, 5.74) is 6.38. The molecule has 3 nitrogen and oxygen atoms in total. The summed E-state index contributed by atoms with van der Waals surface area (Å²) < 4.78 is 4.95. The van der Waals surface area contributed by atoms with Crippen LogP contribution in [0, 0.1) is 0 Å². The minimum atomic E-state index is -0.127. The van der Waals surface area contributed by atoms with Gasteiger partial charge in [-0.3, -0.25) is 4.79 Å². The number of rotatable bonds is 2. The van der Waals surface area contributed by atoms with Gasteiger partial charge in [-0.25, -0.2) is 0 Å². The number of anilines is 1. The molecule has 0 amide bonds. The fraction of sp³-hybridized carbons (Fsp3) is 0.222. The van der Waals surface area contributed by atoms with Crippen molar-refractivity contribution in [2.45, 2.75) is 6.92 Å². The first-order valence-electron chi connectivity index (χ1n) is 3.70. The zero-order valence-electron chi connectivity index (χ0n) is 7.43. The lowest BCUT2D eigenvalue weighted by Crippen LogP contribution is -2.02. The topological polar surface area (TPSA) is 52.3 Å². The van der Waals surface area contributed by atoms with Gasteiger partial charge in [0.2, 0.25) is 0 Å². The molecule has 0 spiro atoms. The summed E-state index contributed by atoms with van der Waals surface area (Å²) in [5.74, 6) is 0.302. The first-order valence-corrected chi connectivity index (χ1v) is 4.08. The Kier molecular flexibility index (Phi) is 2.78. The van der Waals surface area contributed by atoms with Crippen LogP contribution in [0.2, 0.25) is 5.02 Å². The Bertz CT molecular complexity index is 350. The molecule has 0 saturated carbocycles. The van der Waals surface area contributed by atoms with Crippen molar-refractivity contribution in [1.82, 2.24) is 0 Å². The summed E-state index contributed by atoms with van der Waals surface area (Å²) in [6, 6.07) is 3.10. The standard InChI is InChI=1S/C9H10ClNO2/c1-5(12)7-3-6(10)4-8(13-2)9(7)11/h3-4H,11H2,1-2H3. The summed E-state index contributed by atoms with van der Waals surface area (Å²) in [4.78, 5) is 11.1. The zero-order valence-corrected chi connectivity index (χ0v) is 8.18. The monoisotopic (exact) mass is 199 g/mol. The quantitative estimate of drug-likeness (QED) is 0.587. The van der Waals surface area contributed by atoms with E-state index >= 15 is 0 Å². The van der Waals surface area contributed by atoms with Gasteiger partial charge >= 0.3 is 0 Å². The van der Waals surface area contributed by atoms with Gasteiger partial charge in [-0.05, 0) is 13.0 Å². The van der Waals surface area contributed by atoms with Gasteiger partial charge in [-0.2, -0.15) is 0 Å². The second-order valence-corrected chi connectivity index (χ2v) is 3.06. The maximum absolute atomic E-state index is 11.1. The first-order chi connectivity index (χ1) is 6.06. The van der Waals surface area contributed by atoms with Crippen LogP contribution in [0.25, 0.3) is 0 Å². The number of nitrogens with two attached hydrogens (primary N) is 1. The molecule has 0 aromatic heterocycles. The largest absolute Gasteiger partial charge is 0.495 e. The van der Waals surface area contributed by atoms with Crippen LogP contribution in [-0.2, 0) is 0 Å².